The van der Waals surface area contributed by atoms with Crippen LogP contribution in [0.3, 0.4) is 0 Å². The molecule has 4 fully saturated rings. The molecule has 2 aliphatic heterocycles. The van der Waals surface area contributed by atoms with Gasteiger partial charge in [-0.1, -0.05) is 40.2 Å². The number of hydrogen-bond donors (Lipinski definition) is 7. The highest BCUT2D eigenvalue weighted by atomic mass is 16.6. The molecule has 1 saturated heterocycles. The van der Waals surface area contributed by atoms with Crippen LogP contribution >= 0.6 is 0 Å². The van der Waals surface area contributed by atoms with Crippen molar-refractivity contribution in [2.45, 2.75) is 147 Å². The fourth-order valence-corrected chi connectivity index (χ4v) is 12.3. The molecule has 0 bridgehead atoms. The van der Waals surface area contributed by atoms with E-state index in [1.165, 1.54) is 0 Å². The van der Waals surface area contributed by atoms with E-state index in [-0.39, 0.29) is 41.5 Å². The third-order valence-corrected chi connectivity index (χ3v) is 15.6. The van der Waals surface area contributed by atoms with Gasteiger partial charge in [0.2, 0.25) is 0 Å². The molecule has 8 N–H and O–H groups in total. The van der Waals surface area contributed by atoms with Crippen LogP contribution in [0, 0.1) is 39.9 Å². The van der Waals surface area contributed by atoms with Gasteiger partial charge >= 0.3 is 0 Å². The first-order valence-electron chi connectivity index (χ1n) is 18.8. The average molecular weight is 669 g/mol. The van der Waals surface area contributed by atoms with Crippen LogP contribution in [0.4, 0.5) is 0 Å². The Bertz CT molecular complexity index is 1440. The zero-order valence-corrected chi connectivity index (χ0v) is 29.7. The van der Waals surface area contributed by atoms with E-state index in [0.717, 1.165) is 36.0 Å². The molecule has 9 heteroatoms. The van der Waals surface area contributed by atoms with Crippen LogP contribution in [0.25, 0.3) is 0 Å². The Hall–Kier alpha value is -1.75. The molecule has 0 aromatic heterocycles. The van der Waals surface area contributed by atoms with E-state index in [2.05, 4.69) is 32.2 Å². The second kappa shape index (κ2) is 11.4. The quantitative estimate of drug-likeness (QED) is 0.171. The Morgan fingerprint density at radius 1 is 1.06 bits per heavy atom. The Morgan fingerprint density at radius 2 is 1.81 bits per heavy atom. The van der Waals surface area contributed by atoms with Crippen LogP contribution in [0.2, 0.25) is 0 Å². The average Bonchev–Trinajstić information content (AvgIpc) is 3.83. The zero-order valence-electron chi connectivity index (χ0n) is 29.7. The van der Waals surface area contributed by atoms with Crippen molar-refractivity contribution in [1.29, 1.82) is 0 Å². The van der Waals surface area contributed by atoms with Gasteiger partial charge < -0.3 is 41.3 Å². The van der Waals surface area contributed by atoms with Crippen molar-refractivity contribution >= 4 is 5.78 Å². The maximum absolute atomic E-state index is 14.2. The maximum atomic E-state index is 14.2. The fraction of sp³-hybridized carbons (Fsp3) is 0.821. The minimum Gasteiger partial charge on any atom is -0.396 e. The third-order valence-electron chi connectivity index (χ3n) is 15.6. The number of allylic oxidation sites excluding steroid dienone is 3. The Kier molecular flexibility index (Phi) is 8.22. The van der Waals surface area contributed by atoms with Crippen molar-refractivity contribution in [3.8, 4) is 0 Å². The normalized spacial score (nSPS) is 45.5. The van der Waals surface area contributed by atoms with E-state index >= 15 is 0 Å². The van der Waals surface area contributed by atoms with Gasteiger partial charge in [-0.15, -0.1) is 0 Å². The molecule has 9 nitrogen and oxygen atoms in total. The van der Waals surface area contributed by atoms with Gasteiger partial charge in [0.15, 0.2) is 5.78 Å². The summed E-state index contributed by atoms with van der Waals surface area (Å²) < 4.78 is 6.39. The fourth-order valence-electron chi connectivity index (χ4n) is 12.3. The van der Waals surface area contributed by atoms with E-state index in [9.17, 15) is 30.3 Å². The number of nitrogens with two attached hydrogens (primary N) is 1. The standard InChI is InChI=1S/C39H60N2O7/c1-6-13-38(46,33-32(48-33)37(5,45)34(2,21-42)14-9-22-12-17-41-29(40)18-22)28-19-23-7-8-25-30-26(11-16-36(28,4)39(23,30)47)35(3)15-10-24(43)20-27(35)31(25)44/h12,18,23-24,26-28,32-33,41-43,45-47H,6-11,13-17,19-21,40H2,1-5H3. The van der Waals surface area contributed by atoms with Crippen molar-refractivity contribution in [2.24, 2.45) is 45.7 Å². The largest absolute Gasteiger partial charge is 0.396 e. The molecule has 268 valence electrons. The number of Topliss-reactive ketones (excluding diaryl/α,β-unsaturated/α-hetero) is 1. The summed E-state index contributed by atoms with van der Waals surface area (Å²) in [4.78, 5) is 14.2. The number of dihydropyridines is 1. The smallest absolute Gasteiger partial charge is 0.162 e. The lowest BCUT2D eigenvalue weighted by Gasteiger charge is -2.63. The summed E-state index contributed by atoms with van der Waals surface area (Å²) in [6.07, 6.45) is 10.1. The highest BCUT2D eigenvalue weighted by Crippen LogP contribution is 2.74. The molecule has 0 aromatic carbocycles. The lowest BCUT2D eigenvalue weighted by atomic mass is 9.42. The highest BCUT2D eigenvalue weighted by molar-refractivity contribution is 6.00. The number of ketones is 1. The topological polar surface area (TPSA) is 169 Å². The van der Waals surface area contributed by atoms with Gasteiger partial charge in [0.05, 0.1) is 35.3 Å². The van der Waals surface area contributed by atoms with E-state index in [1.54, 1.807) is 6.92 Å². The molecular weight excluding hydrogens is 608 g/mol. The zero-order chi connectivity index (χ0) is 34.7. The van der Waals surface area contributed by atoms with Gasteiger partial charge in [0.1, 0.15) is 12.2 Å². The number of aliphatic hydroxyl groups excluding tert-OH is 2. The summed E-state index contributed by atoms with van der Waals surface area (Å²) in [7, 11) is 0. The molecule has 48 heavy (non-hydrogen) atoms. The summed E-state index contributed by atoms with van der Waals surface area (Å²) in [6.45, 7) is 10.5. The number of epoxide rings is 1. The predicted octanol–water partition coefficient (Wildman–Crippen LogP) is 3.77. The minimum absolute atomic E-state index is 0.0706. The lowest BCUT2D eigenvalue weighted by molar-refractivity contribution is -0.168. The number of ether oxygens (including phenoxy) is 1. The molecule has 2 heterocycles. The van der Waals surface area contributed by atoms with Crippen LogP contribution < -0.4 is 11.1 Å². The molecular formula is C39H60N2O7. The van der Waals surface area contributed by atoms with Crippen molar-refractivity contribution in [2.75, 3.05) is 13.2 Å². The minimum atomic E-state index is -1.43. The molecule has 7 rings (SSSR count). The molecule has 5 aliphatic carbocycles. The lowest BCUT2D eigenvalue weighted by Crippen LogP contribution is -2.65. The van der Waals surface area contributed by atoms with Crippen LogP contribution in [-0.4, -0.2) is 79.6 Å². The number of aliphatic hydroxyl groups is 5. The summed E-state index contributed by atoms with van der Waals surface area (Å²) in [5.74, 6) is 0.270. The summed E-state index contributed by atoms with van der Waals surface area (Å²) in [5.41, 5.74) is 3.03. The molecule has 13 atom stereocenters. The van der Waals surface area contributed by atoms with Gasteiger partial charge in [-0.05, 0) is 124 Å². The Morgan fingerprint density at radius 3 is 2.50 bits per heavy atom. The van der Waals surface area contributed by atoms with E-state index in [0.29, 0.717) is 70.2 Å². The highest BCUT2D eigenvalue weighted by Gasteiger charge is 2.77. The van der Waals surface area contributed by atoms with E-state index < -0.39 is 45.9 Å². The van der Waals surface area contributed by atoms with Crippen LogP contribution in [0.1, 0.15) is 112 Å². The number of rotatable bonds is 10. The second-order valence-electron chi connectivity index (χ2n) is 17.9. The van der Waals surface area contributed by atoms with Gasteiger partial charge in [0, 0.05) is 23.3 Å². The number of nitrogens with one attached hydrogen (secondary N) is 1. The van der Waals surface area contributed by atoms with Crippen molar-refractivity contribution < 1.29 is 35.1 Å². The van der Waals surface area contributed by atoms with Gasteiger partial charge in [-0.2, -0.15) is 0 Å². The SMILES string of the molecule is CCCC(O)(C1OC1C(C)(O)C(C)(CO)CCC1=CCNC(N)=C1)C1CC2CCC3=C4C(CCC1(C)C42O)C1(C)CCC(O)CC1C3=O. The molecule has 0 radical (unpaired) electrons. The Balaban J connectivity index is 1.20. The molecule has 3 saturated carbocycles. The molecule has 0 amide bonds. The summed E-state index contributed by atoms with van der Waals surface area (Å²) >= 11 is 0. The van der Waals surface area contributed by atoms with Crippen LogP contribution in [-0.2, 0) is 9.53 Å². The number of hydrogen-bond acceptors (Lipinski definition) is 9. The Labute approximate surface area is 286 Å². The number of carbonyl (C=O) groups excluding carboxylic acids is 1. The van der Waals surface area contributed by atoms with Crippen LogP contribution in [0.5, 0.6) is 0 Å². The van der Waals surface area contributed by atoms with E-state index in [1.807, 2.05) is 13.0 Å². The van der Waals surface area contributed by atoms with Gasteiger partial charge in [-0.3, -0.25) is 4.79 Å². The first kappa shape index (κ1) is 34.7. The summed E-state index contributed by atoms with van der Waals surface area (Å²) in [6, 6.07) is 0. The van der Waals surface area contributed by atoms with Gasteiger partial charge in [0.25, 0.3) is 0 Å². The van der Waals surface area contributed by atoms with Crippen molar-refractivity contribution in [3.63, 3.8) is 0 Å². The maximum Gasteiger partial charge on any atom is 0.162 e. The third kappa shape index (κ3) is 4.59. The number of carbonyl (C=O) groups is 1. The van der Waals surface area contributed by atoms with Gasteiger partial charge in [-0.25, -0.2) is 0 Å². The monoisotopic (exact) mass is 668 g/mol. The molecule has 7 aliphatic rings. The molecule has 13 unspecified atom stereocenters. The molecule has 0 spiro atoms. The van der Waals surface area contributed by atoms with Crippen LogP contribution in [0.15, 0.2) is 34.7 Å². The predicted molar refractivity (Wildman–Crippen MR) is 182 cm³/mol. The van der Waals surface area contributed by atoms with Crippen molar-refractivity contribution in [3.05, 3.63) is 34.7 Å². The van der Waals surface area contributed by atoms with E-state index in [4.69, 9.17) is 10.5 Å². The second-order valence-corrected chi connectivity index (χ2v) is 17.9. The summed E-state index contributed by atoms with van der Waals surface area (Å²) in [5, 5.41) is 62.8. The molecule has 0 aromatic rings. The first-order valence-corrected chi connectivity index (χ1v) is 18.8. The van der Waals surface area contributed by atoms with Crippen molar-refractivity contribution in [1.82, 2.24) is 5.32 Å². The number of fused-ring (bicyclic) bond motifs is 2. The first-order chi connectivity index (χ1) is 22.5.